The van der Waals surface area contributed by atoms with Crippen molar-refractivity contribution in [3.05, 3.63) is 191 Å². The zero-order valence-corrected chi connectivity index (χ0v) is 51.5. The highest BCUT2D eigenvalue weighted by molar-refractivity contribution is 7.92. The van der Waals surface area contributed by atoms with Crippen LogP contribution in [0.15, 0.2) is 163 Å². The van der Waals surface area contributed by atoms with Crippen LogP contribution < -0.4 is 31.1 Å². The number of amides is 3. The molecule has 0 aliphatic carbocycles. The first kappa shape index (κ1) is 65.6. The average Bonchev–Trinajstić information content (AvgIpc) is 1.53. The highest BCUT2D eigenvalue weighted by atomic mass is 35.5. The standard InChI is InChI=1S/C32H24F2N4O6S.C32H23F2N3O7S.ClH.H3N/c1-36-31(40)27-22-14-21(24(38(2)45(3,41)42)15-26(22)43-29(27)16-7-9-20(33)10-8-16)17-11-18(30(35)39)13-19(12-17)32-37-28-23(34)5-4-6-25(28)44-32;1-35-30(38)27-22-14-21(24(37(2)45(3,41)42)15-26(22)43-29(27)16-7-9-20(33)10-8-16)17-11-18(13-19(12-17)32(39)40)31-36-28-23(34)5-4-6-25(28)44-31;;/h4-15H,1-3H3,(H2,35,39)(H,36,40);4-15H,1-3H3,(H,35,38)(H,39,40);1H;1H3. The van der Waals surface area contributed by atoms with Crippen LogP contribution in [-0.4, -0.2) is 96.3 Å². The van der Waals surface area contributed by atoms with Crippen LogP contribution in [-0.2, 0) is 20.0 Å². The molecule has 0 radical (unpaired) electrons. The number of rotatable bonds is 14. The summed E-state index contributed by atoms with van der Waals surface area (Å²) in [5.74, 6) is -5.17. The molecule has 4 aromatic heterocycles. The number of primary amides is 1. The van der Waals surface area contributed by atoms with Gasteiger partial charge in [0.15, 0.2) is 22.8 Å². The van der Waals surface area contributed by atoms with E-state index in [-0.39, 0.29) is 142 Å². The van der Waals surface area contributed by atoms with Gasteiger partial charge in [-0.25, -0.2) is 49.2 Å². The van der Waals surface area contributed by atoms with Crippen molar-refractivity contribution in [3.63, 3.8) is 0 Å². The molecule has 0 saturated carbocycles. The van der Waals surface area contributed by atoms with Gasteiger partial charge >= 0.3 is 5.97 Å². The number of oxazole rings is 2. The van der Waals surface area contributed by atoms with Crippen LogP contribution in [0, 0.1) is 23.3 Å². The average molecular weight is 1320 g/mol. The van der Waals surface area contributed by atoms with Gasteiger partial charge in [-0.05, 0) is 132 Å². The molecule has 4 heterocycles. The van der Waals surface area contributed by atoms with Crippen LogP contribution in [0.4, 0.5) is 28.9 Å². The van der Waals surface area contributed by atoms with Gasteiger partial charge in [0, 0.05) is 90.0 Å². The molecule has 0 saturated heterocycles. The molecule has 472 valence electrons. The summed E-state index contributed by atoms with van der Waals surface area (Å²) in [6.07, 6.45) is 2.01. The van der Waals surface area contributed by atoms with E-state index in [9.17, 15) is 58.7 Å². The number of aromatic carboxylic acids is 1. The predicted octanol–water partition coefficient (Wildman–Crippen LogP) is 12.6. The number of sulfonamides is 2. The molecule has 0 bridgehead atoms. The largest absolute Gasteiger partial charge is 0.478 e. The number of carboxylic acids is 1. The Kier molecular flexibility index (Phi) is 18.0. The number of hydrogen-bond acceptors (Lipinski definition) is 15. The van der Waals surface area contributed by atoms with E-state index >= 15 is 0 Å². The summed E-state index contributed by atoms with van der Waals surface area (Å²) in [7, 11) is -2.19. The van der Waals surface area contributed by atoms with Gasteiger partial charge < -0.3 is 45.3 Å². The van der Waals surface area contributed by atoms with Crippen LogP contribution >= 0.6 is 12.4 Å². The van der Waals surface area contributed by atoms with Crippen LogP contribution in [0.5, 0.6) is 0 Å². The van der Waals surface area contributed by atoms with Gasteiger partial charge in [0.2, 0.25) is 37.7 Å². The lowest BCUT2D eigenvalue weighted by atomic mass is 9.95. The fourth-order valence-corrected chi connectivity index (χ4v) is 11.1. The number of anilines is 2. The molecule has 0 atom stereocenters. The van der Waals surface area contributed by atoms with Crippen LogP contribution in [0.3, 0.4) is 0 Å². The topological polar surface area (TPSA) is 327 Å². The summed E-state index contributed by atoms with van der Waals surface area (Å²) in [5, 5.41) is 15.7. The van der Waals surface area contributed by atoms with Crippen molar-refractivity contribution in [1.29, 1.82) is 0 Å². The maximum atomic E-state index is 14.4. The number of nitrogens with two attached hydrogens (primary N) is 1. The van der Waals surface area contributed by atoms with Gasteiger partial charge in [-0.15, -0.1) is 12.4 Å². The van der Waals surface area contributed by atoms with Gasteiger partial charge in [-0.1, -0.05) is 12.1 Å². The Balaban J connectivity index is 0.000000213. The molecular weight excluding hydrogens is 1260 g/mol. The zero-order valence-electron chi connectivity index (χ0n) is 49.0. The molecule has 0 aliphatic rings. The second-order valence-electron chi connectivity index (χ2n) is 20.5. The lowest BCUT2D eigenvalue weighted by Gasteiger charge is -2.21. The summed E-state index contributed by atoms with van der Waals surface area (Å²) in [6, 6.07) is 33.6. The second-order valence-corrected chi connectivity index (χ2v) is 24.5. The molecule has 0 unspecified atom stereocenters. The van der Waals surface area contributed by atoms with Gasteiger partial charge in [-0.2, -0.15) is 0 Å². The maximum absolute atomic E-state index is 14.4. The number of hydrogen-bond donors (Lipinski definition) is 5. The molecule has 21 nitrogen and oxygen atoms in total. The van der Waals surface area contributed by atoms with E-state index in [4.69, 9.17) is 23.4 Å². The minimum Gasteiger partial charge on any atom is -0.478 e. The van der Waals surface area contributed by atoms with Gasteiger partial charge in [0.25, 0.3) is 11.8 Å². The minimum atomic E-state index is -3.87. The molecular formula is C64H51ClF4N8O13S2. The van der Waals surface area contributed by atoms with Crippen molar-refractivity contribution in [2.45, 2.75) is 0 Å². The zero-order chi connectivity index (χ0) is 64.4. The Morgan fingerprint density at radius 2 is 0.870 bits per heavy atom. The number of carboxylic acid groups (broad SMARTS) is 1. The Bertz CT molecular complexity index is 4890. The number of furan rings is 2. The van der Waals surface area contributed by atoms with E-state index in [0.29, 0.717) is 22.1 Å². The van der Waals surface area contributed by atoms with Crippen molar-refractivity contribution in [3.8, 4) is 67.8 Å². The highest BCUT2D eigenvalue weighted by Crippen LogP contribution is 2.45. The van der Waals surface area contributed by atoms with Crippen molar-refractivity contribution in [1.82, 2.24) is 26.8 Å². The Morgan fingerprint density at radius 3 is 1.22 bits per heavy atom. The monoisotopic (exact) mass is 1310 g/mol. The van der Waals surface area contributed by atoms with Gasteiger partial charge in [-0.3, -0.25) is 23.0 Å². The number of halogens is 5. The van der Waals surface area contributed by atoms with E-state index in [1.165, 1.54) is 156 Å². The normalized spacial score (nSPS) is 11.4. The third kappa shape index (κ3) is 12.4. The number of para-hydroxylation sites is 2. The summed E-state index contributed by atoms with van der Waals surface area (Å²) < 4.78 is 133. The number of aromatic nitrogens is 2. The number of carbonyl (C=O) groups excluding carboxylic acids is 3. The molecule has 12 rings (SSSR count). The Morgan fingerprint density at radius 1 is 0.500 bits per heavy atom. The first-order valence-corrected chi connectivity index (χ1v) is 30.4. The van der Waals surface area contributed by atoms with Crippen LogP contribution in [0.1, 0.15) is 41.4 Å². The van der Waals surface area contributed by atoms with Crippen LogP contribution in [0.2, 0.25) is 0 Å². The van der Waals surface area contributed by atoms with E-state index in [0.717, 1.165) is 21.1 Å². The first-order chi connectivity index (χ1) is 42.7. The fourth-order valence-electron chi connectivity index (χ4n) is 10.1. The van der Waals surface area contributed by atoms with E-state index in [2.05, 4.69) is 20.6 Å². The summed E-state index contributed by atoms with van der Waals surface area (Å²) in [6.45, 7) is 0. The molecule has 0 fully saturated rings. The lowest BCUT2D eigenvalue weighted by molar-refractivity contribution is 0.0696. The van der Waals surface area contributed by atoms with Crippen molar-refractivity contribution in [2.75, 3.05) is 49.3 Å². The number of nitrogens with one attached hydrogen (secondary N) is 2. The maximum Gasteiger partial charge on any atom is 0.335 e. The Labute approximate surface area is 526 Å². The summed E-state index contributed by atoms with van der Waals surface area (Å²) >= 11 is 0. The lowest BCUT2D eigenvalue weighted by Crippen LogP contribution is -2.25. The minimum absolute atomic E-state index is 0. The fraction of sp³-hybridized carbons (Fsp3) is 0.0938. The molecule has 8 N–H and O–H groups in total. The molecule has 92 heavy (non-hydrogen) atoms. The number of carbonyl (C=O) groups is 4. The second kappa shape index (κ2) is 25.2. The van der Waals surface area contributed by atoms with Gasteiger partial charge in [0.1, 0.15) is 45.4 Å². The molecule has 3 amide bonds. The highest BCUT2D eigenvalue weighted by Gasteiger charge is 2.30. The Hall–Kier alpha value is -10.9. The molecule has 0 aliphatic heterocycles. The van der Waals surface area contributed by atoms with Gasteiger partial charge in [0.05, 0.1) is 40.6 Å². The van der Waals surface area contributed by atoms with E-state index in [1.54, 1.807) is 18.2 Å². The molecule has 12 aromatic rings. The summed E-state index contributed by atoms with van der Waals surface area (Å²) in [5.41, 5.74) is 8.83. The molecule has 8 aromatic carbocycles. The third-order valence-corrected chi connectivity index (χ3v) is 17.0. The van der Waals surface area contributed by atoms with E-state index in [1.807, 2.05) is 0 Å². The predicted molar refractivity (Wildman–Crippen MR) is 341 cm³/mol. The van der Waals surface area contributed by atoms with Crippen molar-refractivity contribution < 1.29 is 76.4 Å². The van der Waals surface area contributed by atoms with Crippen LogP contribution in [0.25, 0.3) is 112 Å². The quantitative estimate of drug-likeness (QED) is 0.0632. The summed E-state index contributed by atoms with van der Waals surface area (Å²) in [4.78, 5) is 59.6. The third-order valence-electron chi connectivity index (χ3n) is 14.7. The van der Waals surface area contributed by atoms with Crippen molar-refractivity contribution >= 4 is 112 Å². The number of nitrogens with zero attached hydrogens (tertiary/aromatic N) is 4. The number of fused-ring (bicyclic) bond motifs is 4. The SMILES string of the molecule is CNC(=O)c1c(-c2ccc(F)cc2)oc2cc(N(C)S(C)(=O)=O)c(-c3cc(C(=O)O)cc(-c4nc5c(F)cccc5o4)c3)cc12.CNC(=O)c1c(-c2ccc(F)cc2)oc2cc(N(C)S(C)(=O)=O)c(-c3cc(C(N)=O)cc(-c4nc5c(F)cccc5o4)c3)cc12.Cl.N. The van der Waals surface area contributed by atoms with E-state index < -0.39 is 67.0 Å². The number of benzene rings is 8. The molecule has 0 spiro atoms. The smallest absolute Gasteiger partial charge is 0.335 e. The first-order valence-electron chi connectivity index (χ1n) is 26.7. The van der Waals surface area contributed by atoms with Crippen molar-refractivity contribution in [2.24, 2.45) is 5.73 Å². The molecule has 28 heteroatoms.